The second-order valence-electron chi connectivity index (χ2n) is 5.57. The molecule has 0 saturated carbocycles. The summed E-state index contributed by atoms with van der Waals surface area (Å²) >= 11 is 0. The molecule has 3 rings (SSSR count). The lowest BCUT2D eigenvalue weighted by Crippen LogP contribution is -2.40. The van der Waals surface area contributed by atoms with E-state index in [1.165, 1.54) is 12.1 Å². The Labute approximate surface area is 144 Å². The van der Waals surface area contributed by atoms with Crippen LogP contribution < -0.4 is 10.0 Å². The summed E-state index contributed by atoms with van der Waals surface area (Å²) in [6, 6.07) is 12.5. The summed E-state index contributed by atoms with van der Waals surface area (Å²) in [5.41, 5.74) is 1.21. The highest BCUT2D eigenvalue weighted by Gasteiger charge is 2.40. The van der Waals surface area contributed by atoms with E-state index in [1.54, 1.807) is 48.0 Å². The molecule has 0 aliphatic carbocycles. The molecule has 2 N–H and O–H groups in total. The van der Waals surface area contributed by atoms with Crippen molar-refractivity contribution in [3.63, 3.8) is 0 Å². The first-order valence-corrected chi connectivity index (χ1v) is 8.86. The molecular formula is C17H14N2O5S. The molecule has 1 heterocycles. The maximum absolute atomic E-state index is 12.4. The number of fused-ring (bicyclic) bond motifs is 1. The van der Waals surface area contributed by atoms with Gasteiger partial charge in [0.15, 0.2) is 0 Å². The molecule has 0 unspecified atom stereocenters. The Hall–Kier alpha value is -3.00. The number of ketones is 1. The van der Waals surface area contributed by atoms with E-state index in [0.717, 1.165) is 0 Å². The fraction of sp³-hybridized carbons (Fsp3) is 0.118. The van der Waals surface area contributed by atoms with Crippen molar-refractivity contribution in [2.75, 3.05) is 5.32 Å². The van der Waals surface area contributed by atoms with Crippen LogP contribution in [0.1, 0.15) is 17.0 Å². The lowest BCUT2D eigenvalue weighted by atomic mass is 9.96. The number of para-hydroxylation sites is 1. The van der Waals surface area contributed by atoms with E-state index in [4.69, 9.17) is 0 Å². The molecule has 0 saturated heterocycles. The minimum absolute atomic E-state index is 0.104. The Kier molecular flexibility index (Phi) is 4.13. The molecule has 1 aliphatic rings. The molecule has 25 heavy (non-hydrogen) atoms. The number of amides is 2. The highest BCUT2D eigenvalue weighted by Crippen LogP contribution is 2.32. The number of hydrogen-bond acceptors (Lipinski definition) is 5. The van der Waals surface area contributed by atoms with Gasteiger partial charge in [0.25, 0.3) is 10.0 Å². The summed E-state index contributed by atoms with van der Waals surface area (Å²) < 4.78 is 26.4. The second-order valence-corrected chi connectivity index (χ2v) is 7.22. The van der Waals surface area contributed by atoms with Gasteiger partial charge in [-0.2, -0.15) is 0 Å². The lowest BCUT2D eigenvalue weighted by molar-refractivity contribution is -0.139. The summed E-state index contributed by atoms with van der Waals surface area (Å²) in [5.74, 6) is -4.49. The molecular weight excluding hydrogens is 344 g/mol. The third kappa shape index (κ3) is 3.03. The van der Waals surface area contributed by atoms with Crippen LogP contribution in [0.2, 0.25) is 0 Å². The molecule has 2 amide bonds. The largest absolute Gasteiger partial charge is 0.325 e. The Morgan fingerprint density at radius 3 is 2.40 bits per heavy atom. The number of nitrogens with one attached hydrogen (secondary N) is 2. The zero-order valence-electron chi connectivity index (χ0n) is 13.1. The van der Waals surface area contributed by atoms with Gasteiger partial charge in [-0.3, -0.25) is 14.4 Å². The number of anilines is 1. The van der Waals surface area contributed by atoms with Crippen molar-refractivity contribution in [1.29, 1.82) is 0 Å². The third-order valence-electron chi connectivity index (χ3n) is 3.89. The summed E-state index contributed by atoms with van der Waals surface area (Å²) in [6.07, 6.45) is 0. The number of benzene rings is 2. The van der Waals surface area contributed by atoms with Gasteiger partial charge in [0, 0.05) is 5.69 Å². The molecule has 2 aromatic rings. The first-order valence-electron chi connectivity index (χ1n) is 7.37. The Morgan fingerprint density at radius 1 is 1.04 bits per heavy atom. The van der Waals surface area contributed by atoms with Crippen molar-refractivity contribution in [2.24, 2.45) is 0 Å². The highest BCUT2D eigenvalue weighted by atomic mass is 32.2. The van der Waals surface area contributed by atoms with E-state index in [2.05, 4.69) is 5.32 Å². The quantitative estimate of drug-likeness (QED) is 0.628. The van der Waals surface area contributed by atoms with E-state index in [-0.39, 0.29) is 4.90 Å². The molecule has 2 aromatic carbocycles. The van der Waals surface area contributed by atoms with Crippen LogP contribution in [0.4, 0.5) is 5.69 Å². The van der Waals surface area contributed by atoms with Crippen LogP contribution in [-0.4, -0.2) is 26.0 Å². The first-order chi connectivity index (χ1) is 11.8. The summed E-state index contributed by atoms with van der Waals surface area (Å²) in [5, 5.41) is 2.50. The first kappa shape index (κ1) is 16.8. The lowest BCUT2D eigenvalue weighted by Gasteiger charge is -2.10. The van der Waals surface area contributed by atoms with Gasteiger partial charge in [-0.05, 0) is 30.2 Å². The van der Waals surface area contributed by atoms with Crippen LogP contribution in [0.15, 0.2) is 53.4 Å². The number of carbonyl (C=O) groups excluding carboxylic acids is 3. The minimum atomic E-state index is -4.21. The van der Waals surface area contributed by atoms with Gasteiger partial charge in [-0.15, -0.1) is 0 Å². The number of aryl methyl sites for hydroxylation is 1. The van der Waals surface area contributed by atoms with Gasteiger partial charge in [-0.1, -0.05) is 36.4 Å². The zero-order chi connectivity index (χ0) is 18.2. The van der Waals surface area contributed by atoms with Crippen LogP contribution in [0.5, 0.6) is 0 Å². The normalized spacial score (nSPS) is 16.0. The fourth-order valence-corrected chi connectivity index (χ4v) is 3.89. The van der Waals surface area contributed by atoms with Crippen molar-refractivity contribution < 1.29 is 22.8 Å². The van der Waals surface area contributed by atoms with Crippen LogP contribution in [0.25, 0.3) is 0 Å². The van der Waals surface area contributed by atoms with E-state index in [0.29, 0.717) is 16.8 Å². The molecule has 0 spiro atoms. The van der Waals surface area contributed by atoms with Crippen molar-refractivity contribution in [3.05, 3.63) is 59.7 Å². The third-order valence-corrected chi connectivity index (χ3v) is 5.38. The number of sulfonamides is 1. The van der Waals surface area contributed by atoms with Crippen LogP contribution in [0, 0.1) is 6.92 Å². The molecule has 0 radical (unpaired) electrons. The smallest absolute Gasteiger partial charge is 0.302 e. The summed E-state index contributed by atoms with van der Waals surface area (Å²) in [7, 11) is -4.21. The van der Waals surface area contributed by atoms with Gasteiger partial charge in [0.1, 0.15) is 5.92 Å². The monoisotopic (exact) mass is 358 g/mol. The van der Waals surface area contributed by atoms with E-state index < -0.39 is 33.5 Å². The number of Topliss-reactive ketones (excluding diaryl/α,β-unsaturated/α-hetero) is 1. The highest BCUT2D eigenvalue weighted by molar-refractivity contribution is 7.90. The van der Waals surface area contributed by atoms with E-state index >= 15 is 0 Å². The molecule has 1 aliphatic heterocycles. The molecule has 7 nitrogen and oxygen atoms in total. The van der Waals surface area contributed by atoms with Gasteiger partial charge >= 0.3 is 5.91 Å². The summed E-state index contributed by atoms with van der Waals surface area (Å²) in [4.78, 5) is 36.4. The predicted octanol–water partition coefficient (Wildman–Crippen LogP) is 1.10. The molecule has 8 heteroatoms. The predicted molar refractivity (Wildman–Crippen MR) is 89.3 cm³/mol. The van der Waals surface area contributed by atoms with E-state index in [1.807, 2.05) is 0 Å². The van der Waals surface area contributed by atoms with Crippen molar-refractivity contribution in [1.82, 2.24) is 4.72 Å². The van der Waals surface area contributed by atoms with Gasteiger partial charge in [0.05, 0.1) is 4.90 Å². The Bertz CT molecular complexity index is 998. The SMILES string of the molecule is Cc1ccccc1S(=O)(=O)NC(=O)C(=O)[C@@H]1C(=O)Nc2ccccc21. The van der Waals surface area contributed by atoms with Crippen molar-refractivity contribution in [2.45, 2.75) is 17.7 Å². The van der Waals surface area contributed by atoms with Gasteiger partial charge < -0.3 is 5.32 Å². The van der Waals surface area contributed by atoms with Gasteiger partial charge in [0.2, 0.25) is 11.7 Å². The Balaban J connectivity index is 1.86. The molecule has 1 atom stereocenters. The zero-order valence-corrected chi connectivity index (χ0v) is 14.0. The van der Waals surface area contributed by atoms with Crippen molar-refractivity contribution >= 4 is 33.3 Å². The standard InChI is InChI=1S/C17H14N2O5S/c1-10-6-2-5-9-13(10)25(23,24)19-17(22)15(20)14-11-7-3-4-8-12(11)18-16(14)21/h2-9,14H,1H3,(H,18,21)(H,19,22)/t14-/m1/s1. The van der Waals surface area contributed by atoms with Crippen molar-refractivity contribution in [3.8, 4) is 0 Å². The molecule has 0 bridgehead atoms. The Morgan fingerprint density at radius 2 is 1.68 bits per heavy atom. The average molecular weight is 358 g/mol. The molecule has 0 aromatic heterocycles. The maximum Gasteiger partial charge on any atom is 0.302 e. The molecule has 0 fully saturated rings. The maximum atomic E-state index is 12.4. The van der Waals surface area contributed by atoms with E-state index in [9.17, 15) is 22.8 Å². The average Bonchev–Trinajstić information content (AvgIpc) is 2.89. The number of hydrogen-bond donors (Lipinski definition) is 2. The van der Waals surface area contributed by atoms with Crippen LogP contribution in [0.3, 0.4) is 0 Å². The second kappa shape index (κ2) is 6.14. The topological polar surface area (TPSA) is 109 Å². The van der Waals surface area contributed by atoms with Crippen LogP contribution in [-0.2, 0) is 24.4 Å². The minimum Gasteiger partial charge on any atom is -0.325 e. The number of rotatable bonds is 4. The fourth-order valence-electron chi connectivity index (χ4n) is 2.69. The van der Waals surface area contributed by atoms with Crippen LogP contribution >= 0.6 is 0 Å². The number of carbonyl (C=O) groups is 3. The summed E-state index contributed by atoms with van der Waals surface area (Å²) in [6.45, 7) is 1.57. The molecule has 128 valence electrons. The van der Waals surface area contributed by atoms with Gasteiger partial charge in [-0.25, -0.2) is 13.1 Å².